The van der Waals surface area contributed by atoms with Crippen LogP contribution in [0.3, 0.4) is 0 Å². The van der Waals surface area contributed by atoms with Crippen molar-refractivity contribution in [1.82, 2.24) is 0 Å². The summed E-state index contributed by atoms with van der Waals surface area (Å²) in [7, 11) is 0. The highest BCUT2D eigenvalue weighted by Crippen LogP contribution is 2.58. The fourth-order valence-electron chi connectivity index (χ4n) is 3.28. The Hall–Kier alpha value is -0.110. The summed E-state index contributed by atoms with van der Waals surface area (Å²) in [6.07, 6.45) is 3.87. The summed E-state index contributed by atoms with van der Waals surface area (Å²) in [5, 5.41) is 1.22. The highest BCUT2D eigenvalue weighted by molar-refractivity contribution is 6.35. The van der Waals surface area contributed by atoms with Gasteiger partial charge < -0.3 is 4.74 Å². The van der Waals surface area contributed by atoms with Crippen molar-refractivity contribution < 1.29 is 4.74 Å². The van der Waals surface area contributed by atoms with Crippen LogP contribution in [0.2, 0.25) is 10.0 Å². The van der Waals surface area contributed by atoms with E-state index in [1.807, 2.05) is 13.0 Å². The lowest BCUT2D eigenvalue weighted by atomic mass is 9.94. The lowest BCUT2D eigenvalue weighted by Crippen LogP contribution is -2.07. The van der Waals surface area contributed by atoms with Crippen molar-refractivity contribution >= 4 is 34.8 Å². The van der Waals surface area contributed by atoms with Crippen LogP contribution in [-0.2, 0) is 0 Å². The zero-order valence-electron chi connectivity index (χ0n) is 10.8. The van der Waals surface area contributed by atoms with Crippen molar-refractivity contribution in [2.75, 3.05) is 6.61 Å². The minimum Gasteiger partial charge on any atom is -0.492 e. The molecule has 0 amide bonds. The van der Waals surface area contributed by atoms with Gasteiger partial charge in [0, 0.05) is 11.1 Å². The minimum absolute atomic E-state index is 0.0338. The lowest BCUT2D eigenvalue weighted by molar-refractivity contribution is 0.340. The quantitative estimate of drug-likeness (QED) is 0.645. The summed E-state index contributed by atoms with van der Waals surface area (Å²) in [6.45, 7) is 2.50. The van der Waals surface area contributed by atoms with Gasteiger partial charge in [0.1, 0.15) is 5.75 Å². The van der Waals surface area contributed by atoms with Crippen LogP contribution >= 0.6 is 34.8 Å². The zero-order chi connectivity index (χ0) is 13.6. The molecule has 0 aliphatic heterocycles. The van der Waals surface area contributed by atoms with Gasteiger partial charge in [-0.3, -0.25) is 0 Å². The molecule has 0 heterocycles. The van der Waals surface area contributed by atoms with Crippen LogP contribution in [0, 0.1) is 17.8 Å². The SMILES string of the molecule is CCOc1cc(Cl)c(C(Cl)C2CC3CC3C2)cc1Cl. The molecule has 0 aromatic heterocycles. The molecule has 1 nitrogen and oxygen atoms in total. The molecule has 4 heteroatoms. The summed E-state index contributed by atoms with van der Waals surface area (Å²) in [5.74, 6) is 3.01. The maximum atomic E-state index is 6.62. The Balaban J connectivity index is 1.81. The third kappa shape index (κ3) is 2.70. The molecular weight excluding hydrogens is 303 g/mol. The molecule has 104 valence electrons. The summed E-state index contributed by atoms with van der Waals surface area (Å²) in [5.41, 5.74) is 0.947. The molecule has 2 aliphatic carbocycles. The average Bonchev–Trinajstić information content (AvgIpc) is 3.00. The van der Waals surface area contributed by atoms with Crippen molar-refractivity contribution in [3.05, 3.63) is 27.7 Å². The number of hydrogen-bond donors (Lipinski definition) is 0. The fraction of sp³-hybridized carbons (Fsp3) is 0.600. The first-order valence-electron chi connectivity index (χ1n) is 6.86. The van der Waals surface area contributed by atoms with Gasteiger partial charge in [0.25, 0.3) is 0 Å². The summed E-state index contributed by atoms with van der Waals surface area (Å²) in [6, 6.07) is 3.66. The van der Waals surface area contributed by atoms with E-state index in [2.05, 4.69) is 0 Å². The van der Waals surface area contributed by atoms with Gasteiger partial charge in [-0.2, -0.15) is 0 Å². The largest absolute Gasteiger partial charge is 0.492 e. The Morgan fingerprint density at radius 2 is 1.84 bits per heavy atom. The van der Waals surface area contributed by atoms with Crippen LogP contribution in [-0.4, -0.2) is 6.61 Å². The summed E-state index contributed by atoms with van der Waals surface area (Å²) < 4.78 is 5.44. The Kier molecular flexibility index (Phi) is 3.90. The van der Waals surface area contributed by atoms with E-state index in [4.69, 9.17) is 39.5 Å². The monoisotopic (exact) mass is 318 g/mol. The van der Waals surface area contributed by atoms with Crippen LogP contribution in [0.25, 0.3) is 0 Å². The molecule has 0 radical (unpaired) electrons. The molecule has 2 fully saturated rings. The smallest absolute Gasteiger partial charge is 0.139 e. The van der Waals surface area contributed by atoms with Gasteiger partial charge in [0.15, 0.2) is 0 Å². The third-order valence-electron chi connectivity index (χ3n) is 4.34. The maximum absolute atomic E-state index is 6.62. The van der Waals surface area contributed by atoms with E-state index in [-0.39, 0.29) is 5.38 Å². The van der Waals surface area contributed by atoms with Gasteiger partial charge in [0.2, 0.25) is 0 Å². The van der Waals surface area contributed by atoms with Crippen LogP contribution in [0.4, 0.5) is 0 Å². The van der Waals surface area contributed by atoms with E-state index < -0.39 is 0 Å². The number of hydrogen-bond acceptors (Lipinski definition) is 1. The molecule has 0 spiro atoms. The van der Waals surface area contributed by atoms with Crippen LogP contribution in [0.15, 0.2) is 12.1 Å². The highest BCUT2D eigenvalue weighted by atomic mass is 35.5. The van der Waals surface area contributed by atoms with E-state index in [0.29, 0.717) is 28.3 Å². The molecule has 3 unspecified atom stereocenters. The number of fused-ring (bicyclic) bond motifs is 1. The van der Waals surface area contributed by atoms with Crippen molar-refractivity contribution in [2.45, 2.75) is 31.6 Å². The molecule has 2 aliphatic rings. The Morgan fingerprint density at radius 3 is 2.47 bits per heavy atom. The molecule has 3 rings (SSSR count). The molecule has 2 saturated carbocycles. The highest BCUT2D eigenvalue weighted by Gasteiger charge is 2.48. The molecule has 0 bridgehead atoms. The second-order valence-corrected chi connectivity index (χ2v) is 6.91. The fourth-order valence-corrected chi connectivity index (χ4v) is 4.22. The number of ether oxygens (including phenoxy) is 1. The van der Waals surface area contributed by atoms with E-state index >= 15 is 0 Å². The minimum atomic E-state index is -0.0338. The third-order valence-corrected chi connectivity index (χ3v) is 5.56. The van der Waals surface area contributed by atoms with E-state index in [9.17, 15) is 0 Å². The van der Waals surface area contributed by atoms with Crippen LogP contribution < -0.4 is 4.74 Å². The predicted molar refractivity (Wildman–Crippen MR) is 80.5 cm³/mol. The number of benzene rings is 1. The second kappa shape index (κ2) is 5.35. The van der Waals surface area contributed by atoms with E-state index in [0.717, 1.165) is 17.4 Å². The Labute approximate surface area is 129 Å². The Morgan fingerprint density at radius 1 is 1.16 bits per heavy atom. The predicted octanol–water partition coefficient (Wildman–Crippen LogP) is 5.72. The van der Waals surface area contributed by atoms with E-state index in [1.165, 1.54) is 19.3 Å². The van der Waals surface area contributed by atoms with Crippen LogP contribution in [0.1, 0.15) is 37.1 Å². The van der Waals surface area contributed by atoms with Crippen molar-refractivity contribution in [1.29, 1.82) is 0 Å². The van der Waals surface area contributed by atoms with Gasteiger partial charge in [-0.25, -0.2) is 0 Å². The zero-order valence-corrected chi connectivity index (χ0v) is 13.1. The van der Waals surface area contributed by atoms with Crippen molar-refractivity contribution in [3.63, 3.8) is 0 Å². The maximum Gasteiger partial charge on any atom is 0.139 e. The summed E-state index contributed by atoms with van der Waals surface area (Å²) >= 11 is 19.2. The number of rotatable bonds is 4. The number of halogens is 3. The topological polar surface area (TPSA) is 9.23 Å². The first kappa shape index (κ1) is 13.9. The normalized spacial score (nSPS) is 30.0. The molecule has 19 heavy (non-hydrogen) atoms. The van der Waals surface area contributed by atoms with Crippen LogP contribution in [0.5, 0.6) is 5.75 Å². The molecule has 0 saturated heterocycles. The molecule has 3 atom stereocenters. The van der Waals surface area contributed by atoms with Crippen molar-refractivity contribution in [3.8, 4) is 5.75 Å². The summed E-state index contributed by atoms with van der Waals surface area (Å²) in [4.78, 5) is 0. The van der Waals surface area contributed by atoms with Gasteiger partial charge in [-0.1, -0.05) is 23.2 Å². The van der Waals surface area contributed by atoms with Crippen molar-refractivity contribution in [2.24, 2.45) is 17.8 Å². The standard InChI is InChI=1S/C15H17Cl3O/c1-2-19-14-7-12(16)11(6-13(14)17)15(18)10-4-8-3-9(8)5-10/h6-10,15H,2-5H2,1H3. The second-order valence-electron chi connectivity index (χ2n) is 5.63. The van der Waals surface area contributed by atoms with Gasteiger partial charge in [0.05, 0.1) is 17.0 Å². The van der Waals surface area contributed by atoms with E-state index in [1.54, 1.807) is 6.07 Å². The Bertz CT molecular complexity index is 479. The number of alkyl halides is 1. The molecule has 1 aromatic rings. The lowest BCUT2D eigenvalue weighted by Gasteiger charge is -2.21. The van der Waals surface area contributed by atoms with Gasteiger partial charge >= 0.3 is 0 Å². The molecule has 0 N–H and O–H groups in total. The first-order valence-corrected chi connectivity index (χ1v) is 8.05. The first-order chi connectivity index (χ1) is 9.10. The van der Waals surface area contributed by atoms with Gasteiger partial charge in [-0.15, -0.1) is 11.6 Å². The molecular formula is C15H17Cl3O. The average molecular weight is 320 g/mol. The van der Waals surface area contributed by atoms with Gasteiger partial charge in [-0.05, 0) is 55.6 Å². The molecule has 1 aromatic carbocycles.